The Hall–Kier alpha value is -7.47. The number of rotatable bonds is 9. The zero-order valence-corrected chi connectivity index (χ0v) is 37.5. The topological polar surface area (TPSA) is 195 Å². The van der Waals surface area contributed by atoms with Crippen molar-refractivity contribution in [1.29, 1.82) is 0 Å². The van der Waals surface area contributed by atoms with Crippen molar-refractivity contribution in [3.63, 3.8) is 0 Å². The molecule has 3 N–H and O–H groups in total. The van der Waals surface area contributed by atoms with Crippen LogP contribution in [0.25, 0.3) is 34.4 Å². The molecular formula is C48H45ClF2N14O2. The molecule has 0 spiro atoms. The molecule has 2 aromatic carbocycles. The van der Waals surface area contributed by atoms with E-state index in [4.69, 9.17) is 17.3 Å². The molecule has 2 saturated carbocycles. The summed E-state index contributed by atoms with van der Waals surface area (Å²) < 4.78 is 36.2. The number of hydrogen-bond acceptors (Lipinski definition) is 11. The van der Waals surface area contributed by atoms with Crippen LogP contribution in [0.1, 0.15) is 105 Å². The number of aromatic nitrogens is 12. The van der Waals surface area contributed by atoms with Gasteiger partial charge in [0.1, 0.15) is 46.3 Å². The molecular weight excluding hydrogens is 878 g/mol. The summed E-state index contributed by atoms with van der Waals surface area (Å²) in [5, 5.41) is 18.7. The van der Waals surface area contributed by atoms with Crippen LogP contribution in [0.5, 0.6) is 0 Å². The number of aryl methyl sites for hydroxylation is 4. The van der Waals surface area contributed by atoms with E-state index in [1.807, 2.05) is 51.2 Å². The number of pyridine rings is 2. The largest absolute Gasteiger partial charge is 0.384 e. The maximum atomic E-state index is 14.8. The number of benzene rings is 2. The Morgan fingerprint density at radius 1 is 0.687 bits per heavy atom. The third-order valence-corrected chi connectivity index (χ3v) is 12.4. The van der Waals surface area contributed by atoms with Gasteiger partial charge >= 0.3 is 0 Å². The second kappa shape index (κ2) is 18.1. The van der Waals surface area contributed by atoms with Gasteiger partial charge in [-0.1, -0.05) is 12.1 Å². The minimum atomic E-state index is -0.790. The highest BCUT2D eigenvalue weighted by molar-refractivity contribution is 6.67. The number of nitrogens with two attached hydrogens (primary N) is 1. The van der Waals surface area contributed by atoms with Gasteiger partial charge < -0.3 is 29.3 Å². The molecule has 19 heteroatoms. The van der Waals surface area contributed by atoms with Crippen molar-refractivity contribution in [2.24, 2.45) is 0 Å². The second-order valence-electron chi connectivity index (χ2n) is 17.2. The Morgan fingerprint density at radius 2 is 1.19 bits per heavy atom. The van der Waals surface area contributed by atoms with Gasteiger partial charge in [0.15, 0.2) is 11.6 Å². The Kier molecular flexibility index (Phi) is 11.7. The Balaban J connectivity index is 0.000000130. The fourth-order valence-corrected chi connectivity index (χ4v) is 8.54. The Labute approximate surface area is 388 Å². The number of hydrogen-bond donors (Lipinski definition) is 2. The van der Waals surface area contributed by atoms with Crippen molar-refractivity contribution in [2.75, 3.05) is 11.1 Å². The number of anilines is 2. The molecule has 16 nitrogen and oxygen atoms in total. The van der Waals surface area contributed by atoms with Gasteiger partial charge in [0.25, 0.3) is 11.1 Å². The summed E-state index contributed by atoms with van der Waals surface area (Å²) in [7, 11) is 0. The first-order valence-electron chi connectivity index (χ1n) is 22.2. The number of imidazole rings is 2. The zero-order valence-electron chi connectivity index (χ0n) is 36.7. The summed E-state index contributed by atoms with van der Waals surface area (Å²) in [6.45, 7) is 5.44. The lowest BCUT2D eigenvalue weighted by Crippen LogP contribution is -2.16. The molecule has 8 aromatic rings. The monoisotopic (exact) mass is 922 g/mol. The molecule has 0 bridgehead atoms. The van der Waals surface area contributed by atoms with Crippen LogP contribution < -0.4 is 11.1 Å². The fourth-order valence-electron chi connectivity index (χ4n) is 8.39. The van der Waals surface area contributed by atoms with E-state index in [1.54, 1.807) is 43.8 Å². The van der Waals surface area contributed by atoms with E-state index in [0.717, 1.165) is 109 Å². The lowest BCUT2D eigenvalue weighted by atomic mass is 10.1. The smallest absolute Gasteiger partial charge is 0.259 e. The van der Waals surface area contributed by atoms with Crippen LogP contribution in [0.15, 0.2) is 85.7 Å². The number of fused-ring (bicyclic) bond motifs is 2. The first-order valence-corrected chi connectivity index (χ1v) is 22.6. The average Bonchev–Trinajstić information content (AvgIpc) is 3.80. The molecule has 0 atom stereocenters. The van der Waals surface area contributed by atoms with Crippen LogP contribution in [0, 0.1) is 25.5 Å². The number of nitrogens with zero attached hydrogens (tertiary/aromatic N) is 12. The Morgan fingerprint density at radius 3 is 1.72 bits per heavy atom. The molecule has 0 saturated heterocycles. The van der Waals surface area contributed by atoms with Gasteiger partial charge in [0.2, 0.25) is 0 Å². The SMILES string of the molecule is Cc1cc(F)c(C(=O)Cl)cc1-n1cnc(C2CC2)c1.Cc1cc(F)c(C(=O)Nc2cccc(-c3nnc4n3CCC4)n2)cc1-n1cnc(C2CC2)c1.Nc1cccc(-c2nnc3n2CCC3)n1. The van der Waals surface area contributed by atoms with E-state index in [0.29, 0.717) is 35.0 Å². The van der Waals surface area contributed by atoms with Crippen molar-refractivity contribution in [2.45, 2.75) is 90.1 Å². The summed E-state index contributed by atoms with van der Waals surface area (Å²) in [4.78, 5) is 41.8. The summed E-state index contributed by atoms with van der Waals surface area (Å²) in [5.41, 5.74) is 11.9. The minimum absolute atomic E-state index is 0.0483. The number of carbonyl (C=O) groups is 2. The molecule has 8 heterocycles. The number of nitrogen functional groups attached to an aromatic ring is 1. The van der Waals surface area contributed by atoms with Crippen molar-refractivity contribution >= 4 is 34.4 Å². The van der Waals surface area contributed by atoms with Gasteiger partial charge in [0.05, 0.1) is 46.5 Å². The first-order chi connectivity index (χ1) is 32.5. The standard InChI is InChI=1S/C24H22FN7O.C14H12ClFN2O.C10H11N5/c1-14-10-17(25)16(11-20(14)31-12-19(26-13-31)15-7-8-15)24(33)28-21-5-2-4-18(27-21)23-30-29-22-6-3-9-32(22)23;1-8-4-11(16)10(14(15)19)5-13(8)18-6-12(17-7-18)9-2-3-9;11-8-4-1-3-7(12-8)10-14-13-9-5-2-6-15(9)10/h2,4-5,10-13,15H,3,6-9H2,1H3,(H,27,28,33);4-7,9H,2-3H2,1H3;1,3-4H,2,5-6H2,(H2,11,12). The minimum Gasteiger partial charge on any atom is -0.384 e. The van der Waals surface area contributed by atoms with E-state index in [9.17, 15) is 18.4 Å². The summed E-state index contributed by atoms with van der Waals surface area (Å²) >= 11 is 5.38. The van der Waals surface area contributed by atoms with Gasteiger partial charge in [-0.2, -0.15) is 0 Å². The first kappa shape index (κ1) is 43.4. The molecule has 2 fully saturated rings. The predicted molar refractivity (Wildman–Crippen MR) is 246 cm³/mol. The lowest BCUT2D eigenvalue weighted by molar-refractivity contribution is 0.102. The molecule has 2 aliphatic carbocycles. The molecule has 0 radical (unpaired) electrons. The zero-order chi connectivity index (χ0) is 46.3. The highest BCUT2D eigenvalue weighted by Gasteiger charge is 2.28. The molecule has 340 valence electrons. The quantitative estimate of drug-likeness (QED) is 0.132. The molecule has 6 aromatic heterocycles. The van der Waals surface area contributed by atoms with E-state index >= 15 is 0 Å². The van der Waals surface area contributed by atoms with Crippen LogP contribution in [-0.2, 0) is 25.9 Å². The number of nitrogens with one attached hydrogen (secondary N) is 1. The van der Waals surface area contributed by atoms with E-state index in [-0.39, 0.29) is 11.1 Å². The Bertz CT molecular complexity index is 3180. The van der Waals surface area contributed by atoms with Gasteiger partial charge in [-0.15, -0.1) is 20.4 Å². The van der Waals surface area contributed by atoms with Crippen LogP contribution >= 0.6 is 11.6 Å². The lowest BCUT2D eigenvalue weighted by Gasteiger charge is -2.12. The van der Waals surface area contributed by atoms with Crippen LogP contribution in [0.4, 0.5) is 20.4 Å². The average molecular weight is 923 g/mol. The van der Waals surface area contributed by atoms with Gasteiger partial charge in [-0.25, -0.2) is 28.7 Å². The number of halogens is 3. The van der Waals surface area contributed by atoms with Gasteiger partial charge in [-0.3, -0.25) is 9.59 Å². The normalized spacial score (nSPS) is 14.7. The highest BCUT2D eigenvalue weighted by atomic mass is 35.5. The highest BCUT2D eigenvalue weighted by Crippen LogP contribution is 2.40. The molecule has 2 aliphatic heterocycles. The van der Waals surface area contributed by atoms with Crippen molar-refractivity contribution < 1.29 is 18.4 Å². The summed E-state index contributed by atoms with van der Waals surface area (Å²) in [6, 6.07) is 16.6. The van der Waals surface area contributed by atoms with Crippen LogP contribution in [0.3, 0.4) is 0 Å². The summed E-state index contributed by atoms with van der Waals surface area (Å²) in [6.07, 6.45) is 16.0. The third-order valence-electron chi connectivity index (χ3n) is 12.2. The molecule has 0 unspecified atom stereocenters. The van der Waals surface area contributed by atoms with E-state index in [2.05, 4.69) is 50.2 Å². The van der Waals surface area contributed by atoms with Crippen molar-refractivity contribution in [3.05, 3.63) is 143 Å². The van der Waals surface area contributed by atoms with E-state index in [1.165, 1.54) is 31.0 Å². The molecule has 4 aliphatic rings. The maximum Gasteiger partial charge on any atom is 0.259 e. The van der Waals surface area contributed by atoms with Crippen molar-refractivity contribution in [1.82, 2.24) is 58.6 Å². The van der Waals surface area contributed by atoms with Gasteiger partial charge in [0, 0.05) is 50.2 Å². The number of carbonyl (C=O) groups excluding carboxylic acids is 2. The van der Waals surface area contributed by atoms with Crippen LogP contribution in [-0.4, -0.2) is 69.7 Å². The number of amides is 1. The van der Waals surface area contributed by atoms with E-state index < -0.39 is 22.8 Å². The van der Waals surface area contributed by atoms with Crippen molar-refractivity contribution in [3.8, 4) is 34.4 Å². The summed E-state index contributed by atoms with van der Waals surface area (Å²) in [5.74, 6) is 3.67. The van der Waals surface area contributed by atoms with Gasteiger partial charge in [-0.05, 0) is 124 Å². The molecule has 12 rings (SSSR count). The molecule has 67 heavy (non-hydrogen) atoms. The fraction of sp³-hybridized carbons (Fsp3) is 0.292. The third kappa shape index (κ3) is 9.21. The van der Waals surface area contributed by atoms with Crippen LogP contribution in [0.2, 0.25) is 0 Å². The second-order valence-corrected chi connectivity index (χ2v) is 17.5. The maximum absolute atomic E-state index is 14.8. The predicted octanol–water partition coefficient (Wildman–Crippen LogP) is 8.49. The molecule has 1 amide bonds.